The van der Waals surface area contributed by atoms with E-state index < -0.39 is 12.0 Å². The van der Waals surface area contributed by atoms with Crippen molar-refractivity contribution in [1.29, 1.82) is 0 Å². The Morgan fingerprint density at radius 3 is 2.43 bits per heavy atom. The number of hydrogen-bond donors (Lipinski definition) is 2. The van der Waals surface area contributed by atoms with Gasteiger partial charge in [0, 0.05) is 16.6 Å². The molecule has 116 valence electrons. The first-order valence-electron chi connectivity index (χ1n) is 6.87. The van der Waals surface area contributed by atoms with E-state index in [9.17, 15) is 9.59 Å². The van der Waals surface area contributed by atoms with Crippen molar-refractivity contribution in [2.24, 2.45) is 5.41 Å². The molecule has 0 aliphatic heterocycles. The molecule has 1 amide bonds. The van der Waals surface area contributed by atoms with E-state index in [-0.39, 0.29) is 17.7 Å². The van der Waals surface area contributed by atoms with E-state index >= 15 is 0 Å². The summed E-state index contributed by atoms with van der Waals surface area (Å²) in [5, 5.41) is 12.4. The summed E-state index contributed by atoms with van der Waals surface area (Å²) in [6.45, 7) is 7.87. The van der Waals surface area contributed by atoms with E-state index in [2.05, 4.69) is 5.32 Å². The molecule has 0 aliphatic rings. The van der Waals surface area contributed by atoms with Crippen molar-refractivity contribution in [2.45, 2.75) is 46.6 Å². The number of aryl methyl sites for hydroxylation is 1. The van der Waals surface area contributed by atoms with Crippen LogP contribution in [0.5, 0.6) is 0 Å². The lowest BCUT2D eigenvalue weighted by Gasteiger charge is -2.26. The number of carbonyl (C=O) groups excluding carboxylic acids is 1. The van der Waals surface area contributed by atoms with Crippen LogP contribution in [0.15, 0.2) is 18.2 Å². The lowest BCUT2D eigenvalue weighted by molar-refractivity contribution is -0.137. The van der Waals surface area contributed by atoms with E-state index in [1.165, 1.54) is 0 Å². The molecule has 0 spiro atoms. The highest BCUT2D eigenvalue weighted by Gasteiger charge is 2.23. The maximum absolute atomic E-state index is 12.2. The molecule has 1 aromatic carbocycles. The number of hydrogen-bond acceptors (Lipinski definition) is 2. The largest absolute Gasteiger partial charge is 0.481 e. The van der Waals surface area contributed by atoms with Gasteiger partial charge < -0.3 is 10.4 Å². The topological polar surface area (TPSA) is 66.4 Å². The SMILES string of the molecule is Cc1cc(C(=O)NC(CC(=O)O)CC(C)(C)C)ccc1Cl. The van der Waals surface area contributed by atoms with Crippen molar-refractivity contribution in [1.82, 2.24) is 5.32 Å². The second-order valence-corrected chi connectivity index (χ2v) is 6.90. The Labute approximate surface area is 130 Å². The quantitative estimate of drug-likeness (QED) is 0.872. The summed E-state index contributed by atoms with van der Waals surface area (Å²) in [6.07, 6.45) is 0.507. The first kappa shape index (κ1) is 17.5. The van der Waals surface area contributed by atoms with Crippen LogP contribution in [0, 0.1) is 12.3 Å². The van der Waals surface area contributed by atoms with Crippen LogP contribution in [0.25, 0.3) is 0 Å². The minimum atomic E-state index is -0.920. The van der Waals surface area contributed by atoms with Crippen LogP contribution in [0.2, 0.25) is 5.02 Å². The number of benzene rings is 1. The van der Waals surface area contributed by atoms with Gasteiger partial charge in [-0.2, -0.15) is 0 Å². The zero-order chi connectivity index (χ0) is 16.2. The Morgan fingerprint density at radius 1 is 1.33 bits per heavy atom. The molecule has 0 heterocycles. The van der Waals surface area contributed by atoms with Gasteiger partial charge >= 0.3 is 5.97 Å². The van der Waals surface area contributed by atoms with Crippen LogP contribution < -0.4 is 5.32 Å². The molecule has 2 N–H and O–H groups in total. The molecule has 0 radical (unpaired) electrons. The zero-order valence-corrected chi connectivity index (χ0v) is 13.6. The number of aliphatic carboxylic acids is 1. The van der Waals surface area contributed by atoms with E-state index in [1.807, 2.05) is 27.7 Å². The first-order valence-corrected chi connectivity index (χ1v) is 7.25. The summed E-state index contributed by atoms with van der Waals surface area (Å²) in [5.74, 6) is -1.19. The third-order valence-corrected chi connectivity index (χ3v) is 3.46. The fourth-order valence-corrected chi connectivity index (χ4v) is 2.30. The van der Waals surface area contributed by atoms with E-state index in [0.717, 1.165) is 5.56 Å². The van der Waals surface area contributed by atoms with Gasteiger partial charge in [-0.25, -0.2) is 0 Å². The first-order chi connectivity index (χ1) is 9.58. The third-order valence-electron chi connectivity index (χ3n) is 3.04. The highest BCUT2D eigenvalue weighted by Crippen LogP contribution is 2.23. The Bertz CT molecular complexity index is 535. The molecule has 21 heavy (non-hydrogen) atoms. The van der Waals surface area contributed by atoms with Gasteiger partial charge in [0.15, 0.2) is 0 Å². The Kier molecular flexibility index (Phi) is 5.78. The molecule has 0 fully saturated rings. The van der Waals surface area contributed by atoms with Crippen LogP contribution in [0.4, 0.5) is 0 Å². The fourth-order valence-electron chi connectivity index (χ4n) is 2.18. The average Bonchev–Trinajstić information content (AvgIpc) is 2.29. The maximum Gasteiger partial charge on any atom is 0.305 e. The lowest BCUT2D eigenvalue weighted by atomic mass is 9.87. The molecular formula is C16H22ClNO3. The predicted molar refractivity (Wildman–Crippen MR) is 83.8 cm³/mol. The Morgan fingerprint density at radius 2 is 1.95 bits per heavy atom. The molecular weight excluding hydrogens is 290 g/mol. The van der Waals surface area contributed by atoms with Crippen molar-refractivity contribution in [3.05, 3.63) is 34.3 Å². The second kappa shape index (κ2) is 6.94. The summed E-state index contributed by atoms with van der Waals surface area (Å²) >= 11 is 5.94. The normalized spacial score (nSPS) is 12.8. The molecule has 1 aromatic rings. The Hall–Kier alpha value is -1.55. The van der Waals surface area contributed by atoms with Crippen molar-refractivity contribution in [3.63, 3.8) is 0 Å². The molecule has 0 saturated heterocycles. The van der Waals surface area contributed by atoms with Gasteiger partial charge in [-0.3, -0.25) is 9.59 Å². The molecule has 0 bridgehead atoms. The number of carboxylic acids is 1. The van der Waals surface area contributed by atoms with E-state index in [1.54, 1.807) is 18.2 Å². The smallest absolute Gasteiger partial charge is 0.305 e. The maximum atomic E-state index is 12.2. The molecule has 0 aliphatic carbocycles. The van der Waals surface area contributed by atoms with Gasteiger partial charge in [-0.05, 0) is 42.5 Å². The summed E-state index contributed by atoms with van der Waals surface area (Å²) < 4.78 is 0. The predicted octanol–water partition coefficient (Wildman–Crippen LogP) is 3.66. The number of carbonyl (C=O) groups is 2. The van der Waals surface area contributed by atoms with Gasteiger partial charge in [0.05, 0.1) is 6.42 Å². The van der Waals surface area contributed by atoms with Gasteiger partial charge in [0.25, 0.3) is 5.91 Å². The van der Waals surface area contributed by atoms with Crippen molar-refractivity contribution < 1.29 is 14.7 Å². The lowest BCUT2D eigenvalue weighted by Crippen LogP contribution is -2.39. The van der Waals surface area contributed by atoms with Crippen LogP contribution in [-0.4, -0.2) is 23.0 Å². The van der Waals surface area contributed by atoms with Gasteiger partial charge in [-0.15, -0.1) is 0 Å². The van der Waals surface area contributed by atoms with E-state index in [4.69, 9.17) is 16.7 Å². The number of nitrogens with one attached hydrogen (secondary N) is 1. The molecule has 0 aromatic heterocycles. The Balaban J connectivity index is 2.83. The standard InChI is InChI=1S/C16H22ClNO3/c1-10-7-11(5-6-13(10)17)15(21)18-12(8-14(19)20)9-16(2,3)4/h5-7,12H,8-9H2,1-4H3,(H,18,21)(H,19,20). The summed E-state index contributed by atoms with van der Waals surface area (Å²) in [5.41, 5.74) is 1.24. The summed E-state index contributed by atoms with van der Waals surface area (Å²) in [4.78, 5) is 23.2. The number of carboxylic acid groups (broad SMARTS) is 1. The highest BCUT2D eigenvalue weighted by atomic mass is 35.5. The fraction of sp³-hybridized carbons (Fsp3) is 0.500. The zero-order valence-electron chi connectivity index (χ0n) is 12.9. The second-order valence-electron chi connectivity index (χ2n) is 6.50. The number of halogens is 1. The van der Waals surface area contributed by atoms with Crippen LogP contribution >= 0.6 is 11.6 Å². The molecule has 0 saturated carbocycles. The highest BCUT2D eigenvalue weighted by molar-refractivity contribution is 6.31. The van der Waals surface area contributed by atoms with Crippen LogP contribution in [0.1, 0.15) is 49.5 Å². The van der Waals surface area contributed by atoms with Crippen molar-refractivity contribution in [2.75, 3.05) is 0 Å². The summed E-state index contributed by atoms with van der Waals surface area (Å²) in [6, 6.07) is 4.61. The van der Waals surface area contributed by atoms with Gasteiger partial charge in [0.1, 0.15) is 0 Å². The molecule has 1 rings (SSSR count). The number of amides is 1. The third kappa shape index (κ3) is 6.17. The average molecular weight is 312 g/mol. The minimum absolute atomic E-state index is 0.0662. The molecule has 1 atom stereocenters. The van der Waals surface area contributed by atoms with Gasteiger partial charge in [-0.1, -0.05) is 32.4 Å². The van der Waals surface area contributed by atoms with Crippen LogP contribution in [-0.2, 0) is 4.79 Å². The number of rotatable bonds is 5. The van der Waals surface area contributed by atoms with E-state index in [0.29, 0.717) is 17.0 Å². The minimum Gasteiger partial charge on any atom is -0.481 e. The van der Waals surface area contributed by atoms with Crippen LogP contribution in [0.3, 0.4) is 0 Å². The van der Waals surface area contributed by atoms with Gasteiger partial charge in [0.2, 0.25) is 0 Å². The van der Waals surface area contributed by atoms with Crippen molar-refractivity contribution in [3.8, 4) is 0 Å². The molecule has 4 nitrogen and oxygen atoms in total. The van der Waals surface area contributed by atoms with Crippen molar-refractivity contribution >= 4 is 23.5 Å². The summed E-state index contributed by atoms with van der Waals surface area (Å²) in [7, 11) is 0. The molecule has 5 heteroatoms. The monoisotopic (exact) mass is 311 g/mol. The molecule has 1 unspecified atom stereocenters.